The van der Waals surface area contributed by atoms with Crippen LogP contribution < -0.4 is 0 Å². The number of carbonyl (C=O) groups is 1. The zero-order valence-corrected chi connectivity index (χ0v) is 13.8. The van der Waals surface area contributed by atoms with Gasteiger partial charge >= 0.3 is 0 Å². The minimum Gasteiger partial charge on any atom is -0.295 e. The van der Waals surface area contributed by atoms with Crippen LogP contribution in [0.5, 0.6) is 0 Å². The standard InChI is InChI=1S/C20H32O/c1-2-15-6-8-16(9-7-15)17-10-12-18(13-11-17)19-4-3-5-20(21)14-19/h14-18H,2-13H2,1H3/t15-,16-,17?,18?. The lowest BCUT2D eigenvalue weighted by Crippen LogP contribution is -2.26. The van der Waals surface area contributed by atoms with E-state index in [1.807, 2.05) is 6.08 Å². The number of hydrogen-bond donors (Lipinski definition) is 0. The van der Waals surface area contributed by atoms with Crippen molar-refractivity contribution < 1.29 is 4.79 Å². The number of hydrogen-bond acceptors (Lipinski definition) is 1. The average molecular weight is 288 g/mol. The monoisotopic (exact) mass is 288 g/mol. The molecule has 0 spiro atoms. The molecular formula is C20H32O. The van der Waals surface area contributed by atoms with E-state index in [0.29, 0.717) is 5.78 Å². The molecule has 0 radical (unpaired) electrons. The van der Waals surface area contributed by atoms with Gasteiger partial charge in [-0.25, -0.2) is 0 Å². The van der Waals surface area contributed by atoms with Gasteiger partial charge in [0.2, 0.25) is 0 Å². The molecular weight excluding hydrogens is 256 g/mol. The average Bonchev–Trinajstić information content (AvgIpc) is 2.55. The second kappa shape index (κ2) is 7.11. The van der Waals surface area contributed by atoms with Gasteiger partial charge in [-0.1, -0.05) is 31.8 Å². The Kier molecular flexibility index (Phi) is 5.19. The quantitative estimate of drug-likeness (QED) is 0.652. The van der Waals surface area contributed by atoms with E-state index in [1.54, 1.807) is 0 Å². The third-order valence-electron chi connectivity index (χ3n) is 6.67. The van der Waals surface area contributed by atoms with Crippen LogP contribution in [0.3, 0.4) is 0 Å². The topological polar surface area (TPSA) is 17.1 Å². The number of allylic oxidation sites excluding steroid dienone is 2. The molecule has 21 heavy (non-hydrogen) atoms. The molecule has 0 heterocycles. The molecule has 0 aromatic carbocycles. The summed E-state index contributed by atoms with van der Waals surface area (Å²) in [5, 5.41) is 0. The fourth-order valence-electron chi connectivity index (χ4n) is 5.17. The van der Waals surface area contributed by atoms with Crippen molar-refractivity contribution in [2.45, 2.75) is 84.0 Å². The Morgan fingerprint density at radius 2 is 1.52 bits per heavy atom. The Morgan fingerprint density at radius 3 is 2.10 bits per heavy atom. The van der Waals surface area contributed by atoms with Gasteiger partial charge < -0.3 is 0 Å². The van der Waals surface area contributed by atoms with Crippen molar-refractivity contribution in [2.24, 2.45) is 23.7 Å². The molecule has 3 rings (SSSR count). The van der Waals surface area contributed by atoms with E-state index in [4.69, 9.17) is 0 Å². The van der Waals surface area contributed by atoms with Crippen LogP contribution in [0.2, 0.25) is 0 Å². The predicted octanol–water partition coefficient (Wildman–Crippen LogP) is 5.69. The van der Waals surface area contributed by atoms with E-state index in [2.05, 4.69) is 6.92 Å². The molecule has 0 N–H and O–H groups in total. The first-order valence-corrected chi connectivity index (χ1v) is 9.49. The molecule has 0 bridgehead atoms. The molecule has 3 aliphatic rings. The molecule has 0 amide bonds. The number of rotatable bonds is 3. The van der Waals surface area contributed by atoms with E-state index in [1.165, 1.54) is 69.8 Å². The highest BCUT2D eigenvalue weighted by Gasteiger charge is 2.31. The van der Waals surface area contributed by atoms with Gasteiger partial charge in [-0.3, -0.25) is 4.79 Å². The normalized spacial score (nSPS) is 38.1. The summed E-state index contributed by atoms with van der Waals surface area (Å²) in [6, 6.07) is 0. The molecule has 0 unspecified atom stereocenters. The van der Waals surface area contributed by atoms with E-state index in [9.17, 15) is 4.79 Å². The van der Waals surface area contributed by atoms with Crippen LogP contribution >= 0.6 is 0 Å². The highest BCUT2D eigenvalue weighted by Crippen LogP contribution is 2.44. The third-order valence-corrected chi connectivity index (χ3v) is 6.67. The summed E-state index contributed by atoms with van der Waals surface area (Å²) < 4.78 is 0. The lowest BCUT2D eigenvalue weighted by Gasteiger charge is -2.38. The van der Waals surface area contributed by atoms with Crippen molar-refractivity contribution >= 4 is 5.78 Å². The second-order valence-electron chi connectivity index (χ2n) is 7.84. The zero-order valence-electron chi connectivity index (χ0n) is 13.8. The van der Waals surface area contributed by atoms with Gasteiger partial charge in [-0.05, 0) is 81.1 Å². The SMILES string of the molecule is CC[C@H]1CC[C@H](C2CCC(C3=CC(=O)CCC3)CC2)CC1. The second-order valence-corrected chi connectivity index (χ2v) is 7.84. The highest BCUT2D eigenvalue weighted by atomic mass is 16.1. The third kappa shape index (κ3) is 3.79. The van der Waals surface area contributed by atoms with Crippen molar-refractivity contribution in [1.82, 2.24) is 0 Å². The molecule has 0 aromatic heterocycles. The molecule has 0 atom stereocenters. The molecule has 2 fully saturated rings. The smallest absolute Gasteiger partial charge is 0.155 e. The van der Waals surface area contributed by atoms with Gasteiger partial charge in [-0.15, -0.1) is 0 Å². The van der Waals surface area contributed by atoms with Gasteiger partial charge in [0.25, 0.3) is 0 Å². The Balaban J connectivity index is 1.48. The van der Waals surface area contributed by atoms with Crippen molar-refractivity contribution in [3.8, 4) is 0 Å². The molecule has 118 valence electrons. The van der Waals surface area contributed by atoms with Gasteiger partial charge in [0.1, 0.15) is 0 Å². The lowest BCUT2D eigenvalue weighted by molar-refractivity contribution is -0.115. The molecule has 1 heteroatoms. The van der Waals surface area contributed by atoms with Crippen LogP contribution in [0.1, 0.15) is 84.0 Å². The molecule has 0 saturated heterocycles. The lowest BCUT2D eigenvalue weighted by atomic mass is 9.67. The van der Waals surface area contributed by atoms with Crippen molar-refractivity contribution in [1.29, 1.82) is 0 Å². The van der Waals surface area contributed by atoms with Crippen molar-refractivity contribution in [3.05, 3.63) is 11.6 Å². The summed E-state index contributed by atoms with van der Waals surface area (Å²) in [4.78, 5) is 11.6. The van der Waals surface area contributed by atoms with Gasteiger partial charge in [0, 0.05) is 6.42 Å². The summed E-state index contributed by atoms with van der Waals surface area (Å²) in [5.41, 5.74) is 1.50. The Morgan fingerprint density at radius 1 is 0.905 bits per heavy atom. The molecule has 0 aromatic rings. The number of ketones is 1. The fraction of sp³-hybridized carbons (Fsp3) is 0.850. The minimum atomic E-state index is 0.385. The van der Waals surface area contributed by atoms with Gasteiger partial charge in [0.05, 0.1) is 0 Å². The summed E-state index contributed by atoms with van der Waals surface area (Å²) in [6.07, 6.45) is 18.0. The van der Waals surface area contributed by atoms with E-state index < -0.39 is 0 Å². The summed E-state index contributed by atoms with van der Waals surface area (Å²) in [7, 11) is 0. The van der Waals surface area contributed by atoms with Crippen LogP contribution in [-0.2, 0) is 4.79 Å². The van der Waals surface area contributed by atoms with Crippen LogP contribution in [-0.4, -0.2) is 5.78 Å². The van der Waals surface area contributed by atoms with Gasteiger partial charge in [-0.2, -0.15) is 0 Å². The van der Waals surface area contributed by atoms with E-state index >= 15 is 0 Å². The first kappa shape index (κ1) is 15.3. The first-order valence-electron chi connectivity index (χ1n) is 9.49. The summed E-state index contributed by atoms with van der Waals surface area (Å²) >= 11 is 0. The van der Waals surface area contributed by atoms with Crippen LogP contribution in [0, 0.1) is 23.7 Å². The first-order chi connectivity index (χ1) is 10.3. The predicted molar refractivity (Wildman–Crippen MR) is 88.1 cm³/mol. The maximum atomic E-state index is 11.6. The maximum absolute atomic E-state index is 11.6. The van der Waals surface area contributed by atoms with E-state index in [0.717, 1.165) is 36.5 Å². The molecule has 0 aliphatic heterocycles. The zero-order chi connectivity index (χ0) is 14.7. The largest absolute Gasteiger partial charge is 0.295 e. The summed E-state index contributed by atoms with van der Waals surface area (Å²) in [5.74, 6) is 4.18. The summed E-state index contributed by atoms with van der Waals surface area (Å²) in [6.45, 7) is 2.36. The molecule has 3 aliphatic carbocycles. The maximum Gasteiger partial charge on any atom is 0.155 e. The number of carbonyl (C=O) groups excluding carboxylic acids is 1. The van der Waals surface area contributed by atoms with Crippen molar-refractivity contribution in [3.63, 3.8) is 0 Å². The molecule has 1 nitrogen and oxygen atoms in total. The molecule has 2 saturated carbocycles. The van der Waals surface area contributed by atoms with Gasteiger partial charge in [0.15, 0.2) is 5.78 Å². The Hall–Kier alpha value is -0.590. The highest BCUT2D eigenvalue weighted by molar-refractivity contribution is 5.91. The Bertz CT molecular complexity index is 379. The Labute approximate surface area is 130 Å². The fourth-order valence-corrected chi connectivity index (χ4v) is 5.17. The van der Waals surface area contributed by atoms with Crippen LogP contribution in [0.4, 0.5) is 0 Å². The van der Waals surface area contributed by atoms with Crippen LogP contribution in [0.25, 0.3) is 0 Å². The van der Waals surface area contributed by atoms with Crippen LogP contribution in [0.15, 0.2) is 11.6 Å². The van der Waals surface area contributed by atoms with E-state index in [-0.39, 0.29) is 0 Å². The minimum absolute atomic E-state index is 0.385. The van der Waals surface area contributed by atoms with Crippen molar-refractivity contribution in [2.75, 3.05) is 0 Å².